The first-order valence-corrected chi connectivity index (χ1v) is 8.73. The predicted octanol–water partition coefficient (Wildman–Crippen LogP) is 0.776. The van der Waals surface area contributed by atoms with Crippen molar-refractivity contribution in [2.75, 3.05) is 5.32 Å². The van der Waals surface area contributed by atoms with E-state index in [1.807, 2.05) is 0 Å². The number of amides is 1. The van der Waals surface area contributed by atoms with Crippen LogP contribution in [0.3, 0.4) is 0 Å². The van der Waals surface area contributed by atoms with Gasteiger partial charge >= 0.3 is 11.7 Å². The molecule has 3 aromatic heterocycles. The van der Waals surface area contributed by atoms with Crippen molar-refractivity contribution in [2.24, 2.45) is 14.1 Å². The molecule has 12 heteroatoms. The molecule has 1 aromatic carbocycles. The maximum absolute atomic E-state index is 12.4. The molecule has 148 valence electrons. The van der Waals surface area contributed by atoms with Gasteiger partial charge in [0, 0.05) is 24.7 Å². The zero-order valence-corrected chi connectivity index (χ0v) is 16.0. The third-order valence-electron chi connectivity index (χ3n) is 4.27. The molecular weight excluding hydrogens is 402 g/mol. The second kappa shape index (κ2) is 7.02. The highest BCUT2D eigenvalue weighted by Crippen LogP contribution is 2.22. The Morgan fingerprint density at radius 3 is 2.76 bits per heavy atom. The summed E-state index contributed by atoms with van der Waals surface area (Å²) >= 11 is 5.94. The van der Waals surface area contributed by atoms with Gasteiger partial charge in [0.05, 0.1) is 6.33 Å². The first-order valence-electron chi connectivity index (χ1n) is 8.35. The molecule has 11 nitrogen and oxygen atoms in total. The fourth-order valence-corrected chi connectivity index (χ4v) is 3.03. The van der Waals surface area contributed by atoms with Crippen molar-refractivity contribution in [1.82, 2.24) is 28.9 Å². The van der Waals surface area contributed by atoms with E-state index in [9.17, 15) is 14.4 Å². The molecule has 0 atom stereocenters. The lowest BCUT2D eigenvalue weighted by Gasteiger charge is -2.06. The number of fused-ring (bicyclic) bond motifs is 1. The molecule has 0 aliphatic rings. The van der Waals surface area contributed by atoms with Gasteiger partial charge in [-0.25, -0.2) is 9.78 Å². The number of aromatic nitrogens is 6. The quantitative estimate of drug-likeness (QED) is 0.521. The molecule has 0 unspecified atom stereocenters. The highest BCUT2D eigenvalue weighted by Gasteiger charge is 2.17. The Balaban J connectivity index is 1.57. The van der Waals surface area contributed by atoms with Gasteiger partial charge in [-0.15, -0.1) is 5.10 Å². The Hall–Kier alpha value is -3.73. The zero-order valence-electron chi connectivity index (χ0n) is 15.3. The number of nitrogens with one attached hydrogen (secondary N) is 1. The van der Waals surface area contributed by atoms with Gasteiger partial charge in [-0.1, -0.05) is 22.8 Å². The van der Waals surface area contributed by atoms with Crippen molar-refractivity contribution in [1.29, 1.82) is 0 Å². The summed E-state index contributed by atoms with van der Waals surface area (Å²) < 4.78 is 8.97. The van der Waals surface area contributed by atoms with E-state index in [0.717, 1.165) is 4.57 Å². The normalized spacial score (nSPS) is 11.1. The molecule has 4 rings (SSSR count). The van der Waals surface area contributed by atoms with Gasteiger partial charge < -0.3 is 8.98 Å². The second-order valence-electron chi connectivity index (χ2n) is 6.22. The van der Waals surface area contributed by atoms with E-state index in [-0.39, 0.29) is 29.6 Å². The summed E-state index contributed by atoms with van der Waals surface area (Å²) in [6.45, 7) is -0.237. The fraction of sp³-hybridized carbons (Fsp3) is 0.176. The van der Waals surface area contributed by atoms with Gasteiger partial charge in [0.2, 0.25) is 11.8 Å². The van der Waals surface area contributed by atoms with Crippen LogP contribution in [-0.4, -0.2) is 34.8 Å². The molecular formula is C17H14ClN7O4. The van der Waals surface area contributed by atoms with E-state index in [4.69, 9.17) is 16.0 Å². The van der Waals surface area contributed by atoms with Crippen LogP contribution in [0.25, 0.3) is 22.6 Å². The van der Waals surface area contributed by atoms with E-state index in [1.54, 1.807) is 24.3 Å². The Kier molecular flexibility index (Phi) is 4.51. The van der Waals surface area contributed by atoms with E-state index in [2.05, 4.69) is 20.5 Å². The molecule has 0 saturated carbocycles. The standard InChI is InChI=1S/C17H14ClN7O4/c1-23-13-12(15(27)24(2)17(23)28)25(8-19-13)7-11(26)20-16-22-21-14(29-16)9-4-3-5-10(18)6-9/h3-6,8H,7H2,1-2H3,(H,20,22,26). The number of imidazole rings is 1. The molecule has 0 radical (unpaired) electrons. The Labute approximate surface area is 167 Å². The largest absolute Gasteiger partial charge is 0.403 e. The Morgan fingerprint density at radius 2 is 2.00 bits per heavy atom. The Bertz CT molecular complexity index is 1360. The molecule has 1 N–H and O–H groups in total. The molecule has 0 aliphatic heterocycles. The number of carbonyl (C=O) groups is 1. The van der Waals surface area contributed by atoms with Crippen LogP contribution in [0.2, 0.25) is 5.02 Å². The van der Waals surface area contributed by atoms with Crippen molar-refractivity contribution < 1.29 is 9.21 Å². The first kappa shape index (κ1) is 18.6. The molecule has 29 heavy (non-hydrogen) atoms. The maximum atomic E-state index is 12.4. The summed E-state index contributed by atoms with van der Waals surface area (Å²) in [7, 11) is 2.86. The smallest absolute Gasteiger partial charge is 0.332 e. The van der Waals surface area contributed by atoms with Crippen molar-refractivity contribution in [3.63, 3.8) is 0 Å². The van der Waals surface area contributed by atoms with Crippen molar-refractivity contribution >= 4 is 34.7 Å². The van der Waals surface area contributed by atoms with E-state index in [1.165, 1.54) is 29.6 Å². The molecule has 0 spiro atoms. The highest BCUT2D eigenvalue weighted by atomic mass is 35.5. The van der Waals surface area contributed by atoms with Gasteiger partial charge in [-0.2, -0.15) is 0 Å². The minimum Gasteiger partial charge on any atom is -0.403 e. The van der Waals surface area contributed by atoms with Gasteiger partial charge in [-0.05, 0) is 18.2 Å². The van der Waals surface area contributed by atoms with E-state index < -0.39 is 17.2 Å². The lowest BCUT2D eigenvalue weighted by molar-refractivity contribution is -0.116. The number of benzene rings is 1. The van der Waals surface area contributed by atoms with Crippen molar-refractivity contribution in [3.05, 3.63) is 56.5 Å². The number of carbonyl (C=O) groups excluding carboxylic acids is 1. The summed E-state index contributed by atoms with van der Waals surface area (Å²) in [5, 5.41) is 10.6. The number of nitrogens with zero attached hydrogens (tertiary/aromatic N) is 6. The number of halogens is 1. The topological polar surface area (TPSA) is 130 Å². The van der Waals surface area contributed by atoms with Gasteiger partial charge in [-0.3, -0.25) is 24.0 Å². The van der Waals surface area contributed by atoms with Crippen molar-refractivity contribution in [2.45, 2.75) is 6.54 Å². The van der Waals surface area contributed by atoms with Gasteiger partial charge in [0.25, 0.3) is 5.56 Å². The number of rotatable bonds is 4. The van der Waals surface area contributed by atoms with Crippen LogP contribution >= 0.6 is 11.6 Å². The number of aryl methyl sites for hydroxylation is 1. The molecule has 0 saturated heterocycles. The number of hydrogen-bond acceptors (Lipinski definition) is 7. The lowest BCUT2D eigenvalue weighted by Crippen LogP contribution is -2.37. The van der Waals surface area contributed by atoms with Gasteiger partial charge in [0.15, 0.2) is 11.2 Å². The summed E-state index contributed by atoms with van der Waals surface area (Å²) in [5.74, 6) is -0.318. The average molecular weight is 416 g/mol. The number of hydrogen-bond donors (Lipinski definition) is 1. The molecule has 0 aliphatic carbocycles. The van der Waals surface area contributed by atoms with Crippen LogP contribution in [0.15, 0.2) is 44.6 Å². The summed E-state index contributed by atoms with van der Waals surface area (Å²) in [6, 6.07) is 6.73. The van der Waals surface area contributed by atoms with Crippen LogP contribution in [-0.2, 0) is 25.4 Å². The van der Waals surface area contributed by atoms with Gasteiger partial charge in [0.1, 0.15) is 6.54 Å². The zero-order chi connectivity index (χ0) is 20.7. The molecule has 0 bridgehead atoms. The van der Waals surface area contributed by atoms with Crippen LogP contribution in [0.1, 0.15) is 0 Å². The average Bonchev–Trinajstić information content (AvgIpc) is 3.32. The highest BCUT2D eigenvalue weighted by molar-refractivity contribution is 6.30. The third-order valence-corrected chi connectivity index (χ3v) is 4.51. The van der Waals surface area contributed by atoms with Crippen LogP contribution in [0, 0.1) is 0 Å². The van der Waals surface area contributed by atoms with E-state index in [0.29, 0.717) is 10.6 Å². The van der Waals surface area contributed by atoms with Crippen LogP contribution in [0.5, 0.6) is 0 Å². The summed E-state index contributed by atoms with van der Waals surface area (Å²) in [6.07, 6.45) is 1.32. The predicted molar refractivity (Wildman–Crippen MR) is 104 cm³/mol. The molecule has 3 heterocycles. The number of anilines is 1. The molecule has 0 fully saturated rings. The van der Waals surface area contributed by atoms with Crippen LogP contribution < -0.4 is 16.6 Å². The molecule has 4 aromatic rings. The van der Waals surface area contributed by atoms with Crippen LogP contribution in [0.4, 0.5) is 6.01 Å². The van der Waals surface area contributed by atoms with E-state index >= 15 is 0 Å². The minimum absolute atomic E-state index is 0.102. The van der Waals surface area contributed by atoms with Crippen molar-refractivity contribution in [3.8, 4) is 11.5 Å². The SMILES string of the molecule is Cn1c(=O)c2c(ncn2CC(=O)Nc2nnc(-c3cccc(Cl)c3)o2)n(C)c1=O. The first-order chi connectivity index (χ1) is 13.8. The minimum atomic E-state index is -0.547. The maximum Gasteiger partial charge on any atom is 0.332 e. The third kappa shape index (κ3) is 3.31. The lowest BCUT2D eigenvalue weighted by atomic mass is 10.2. The summed E-state index contributed by atoms with van der Waals surface area (Å²) in [5.41, 5.74) is -0.122. The molecule has 1 amide bonds. The Morgan fingerprint density at radius 1 is 1.21 bits per heavy atom. The summed E-state index contributed by atoms with van der Waals surface area (Å²) in [4.78, 5) is 40.8. The monoisotopic (exact) mass is 415 g/mol. The second-order valence-corrected chi connectivity index (χ2v) is 6.66. The fourth-order valence-electron chi connectivity index (χ4n) is 2.84.